The van der Waals surface area contributed by atoms with E-state index < -0.39 is 11.9 Å². The van der Waals surface area contributed by atoms with E-state index in [1.54, 1.807) is 6.07 Å². The number of hydrogen-bond donors (Lipinski definition) is 0. The molecule has 1 aromatic heterocycles. The monoisotopic (exact) mass is 274 g/mol. The van der Waals surface area contributed by atoms with Crippen molar-refractivity contribution in [2.45, 2.75) is 6.92 Å². The molecular formula is C15H14O5. The van der Waals surface area contributed by atoms with Crippen LogP contribution >= 0.6 is 0 Å². The molecule has 2 rings (SSSR count). The summed E-state index contributed by atoms with van der Waals surface area (Å²) in [6.07, 6.45) is 1.20. The van der Waals surface area contributed by atoms with Gasteiger partial charge in [-0.25, -0.2) is 9.59 Å². The Morgan fingerprint density at radius 3 is 2.40 bits per heavy atom. The second kappa shape index (κ2) is 5.61. The first-order chi connectivity index (χ1) is 9.58. The molecule has 5 nitrogen and oxygen atoms in total. The van der Waals surface area contributed by atoms with Gasteiger partial charge in [0.25, 0.3) is 0 Å². The van der Waals surface area contributed by atoms with Crippen molar-refractivity contribution in [2.24, 2.45) is 0 Å². The van der Waals surface area contributed by atoms with Crippen LogP contribution < -0.4 is 0 Å². The molecular weight excluding hydrogens is 260 g/mol. The molecule has 1 aromatic carbocycles. The van der Waals surface area contributed by atoms with Crippen LogP contribution in [0.4, 0.5) is 0 Å². The number of carbonyl (C=O) groups is 2. The zero-order valence-corrected chi connectivity index (χ0v) is 11.4. The van der Waals surface area contributed by atoms with E-state index in [-0.39, 0.29) is 11.1 Å². The second-order valence-electron chi connectivity index (χ2n) is 4.21. The third-order valence-electron chi connectivity index (χ3n) is 2.87. The third kappa shape index (κ3) is 2.42. The Bertz CT molecular complexity index is 654. The topological polar surface area (TPSA) is 65.7 Å². The molecule has 0 bridgehead atoms. The average molecular weight is 274 g/mol. The SMILES string of the molecule is COC(=O)c1coc(-c2cccc(C)c2)c1C(=O)OC. The number of carbonyl (C=O) groups excluding carboxylic acids is 2. The number of rotatable bonds is 3. The van der Waals surface area contributed by atoms with Crippen LogP contribution in [0.5, 0.6) is 0 Å². The number of methoxy groups -OCH3 is 2. The normalized spacial score (nSPS) is 10.2. The van der Waals surface area contributed by atoms with Crippen molar-refractivity contribution in [3.8, 4) is 11.3 Å². The van der Waals surface area contributed by atoms with Crippen LogP contribution in [0.2, 0.25) is 0 Å². The van der Waals surface area contributed by atoms with Gasteiger partial charge < -0.3 is 13.9 Å². The van der Waals surface area contributed by atoms with E-state index in [0.717, 1.165) is 5.56 Å². The maximum absolute atomic E-state index is 11.9. The van der Waals surface area contributed by atoms with Gasteiger partial charge in [-0.15, -0.1) is 0 Å². The molecule has 0 spiro atoms. The summed E-state index contributed by atoms with van der Waals surface area (Å²) in [7, 11) is 2.49. The van der Waals surface area contributed by atoms with Crippen LogP contribution in [-0.4, -0.2) is 26.2 Å². The molecule has 0 amide bonds. The molecule has 20 heavy (non-hydrogen) atoms. The van der Waals surface area contributed by atoms with E-state index in [9.17, 15) is 9.59 Å². The smallest absolute Gasteiger partial charge is 0.342 e. The molecule has 0 aliphatic heterocycles. The summed E-state index contributed by atoms with van der Waals surface area (Å²) in [4.78, 5) is 23.6. The van der Waals surface area contributed by atoms with Crippen molar-refractivity contribution in [3.63, 3.8) is 0 Å². The highest BCUT2D eigenvalue weighted by Crippen LogP contribution is 2.30. The number of aryl methyl sites for hydroxylation is 1. The highest BCUT2D eigenvalue weighted by atomic mass is 16.5. The Labute approximate surface area is 116 Å². The molecule has 0 N–H and O–H groups in total. The molecule has 1 heterocycles. The summed E-state index contributed by atoms with van der Waals surface area (Å²) < 4.78 is 14.7. The molecule has 0 fully saturated rings. The van der Waals surface area contributed by atoms with Gasteiger partial charge in [0, 0.05) is 5.56 Å². The van der Waals surface area contributed by atoms with E-state index in [2.05, 4.69) is 4.74 Å². The molecule has 0 saturated heterocycles. The van der Waals surface area contributed by atoms with E-state index in [1.165, 1.54) is 20.5 Å². The summed E-state index contributed by atoms with van der Waals surface area (Å²) in [6, 6.07) is 7.41. The minimum absolute atomic E-state index is 0.0517. The summed E-state index contributed by atoms with van der Waals surface area (Å²) >= 11 is 0. The van der Waals surface area contributed by atoms with Gasteiger partial charge in [0.05, 0.1) is 14.2 Å². The van der Waals surface area contributed by atoms with Crippen LogP contribution in [0.3, 0.4) is 0 Å². The Morgan fingerprint density at radius 1 is 1.10 bits per heavy atom. The lowest BCUT2D eigenvalue weighted by atomic mass is 10.0. The molecule has 0 saturated carbocycles. The maximum Gasteiger partial charge on any atom is 0.342 e. The van der Waals surface area contributed by atoms with Gasteiger partial charge in [0.15, 0.2) is 0 Å². The predicted molar refractivity (Wildman–Crippen MR) is 71.6 cm³/mol. The molecule has 0 radical (unpaired) electrons. The Morgan fingerprint density at radius 2 is 1.80 bits per heavy atom. The first-order valence-corrected chi connectivity index (χ1v) is 5.93. The van der Waals surface area contributed by atoms with Crippen molar-refractivity contribution in [1.29, 1.82) is 0 Å². The van der Waals surface area contributed by atoms with Crippen molar-refractivity contribution < 1.29 is 23.5 Å². The van der Waals surface area contributed by atoms with Crippen molar-refractivity contribution >= 4 is 11.9 Å². The van der Waals surface area contributed by atoms with Gasteiger partial charge in [-0.05, 0) is 13.0 Å². The summed E-state index contributed by atoms with van der Waals surface area (Å²) in [5.74, 6) is -0.996. The van der Waals surface area contributed by atoms with Crippen LogP contribution in [-0.2, 0) is 9.47 Å². The van der Waals surface area contributed by atoms with Crippen LogP contribution in [0, 0.1) is 6.92 Å². The minimum atomic E-state index is -0.645. The van der Waals surface area contributed by atoms with Crippen molar-refractivity contribution in [3.05, 3.63) is 47.2 Å². The molecule has 104 valence electrons. The fraction of sp³-hybridized carbons (Fsp3) is 0.200. The second-order valence-corrected chi connectivity index (χ2v) is 4.21. The summed E-state index contributed by atoms with van der Waals surface area (Å²) in [5.41, 5.74) is 1.83. The fourth-order valence-corrected chi connectivity index (χ4v) is 1.92. The zero-order valence-electron chi connectivity index (χ0n) is 11.4. The number of ether oxygens (including phenoxy) is 2. The number of furan rings is 1. The van der Waals surface area contributed by atoms with Gasteiger partial charge in [0.2, 0.25) is 0 Å². The lowest BCUT2D eigenvalue weighted by Gasteiger charge is -2.04. The van der Waals surface area contributed by atoms with E-state index in [4.69, 9.17) is 9.15 Å². The average Bonchev–Trinajstić information content (AvgIpc) is 2.90. The largest absolute Gasteiger partial charge is 0.465 e. The first-order valence-electron chi connectivity index (χ1n) is 5.93. The van der Waals surface area contributed by atoms with Gasteiger partial charge in [0.1, 0.15) is 23.2 Å². The molecule has 0 aliphatic carbocycles. The quantitative estimate of drug-likeness (QED) is 0.805. The minimum Gasteiger partial charge on any atom is -0.465 e. The van der Waals surface area contributed by atoms with Crippen molar-refractivity contribution in [2.75, 3.05) is 14.2 Å². The highest BCUT2D eigenvalue weighted by molar-refractivity contribution is 6.06. The summed E-state index contributed by atoms with van der Waals surface area (Å²) in [5, 5.41) is 0. The lowest BCUT2D eigenvalue weighted by Crippen LogP contribution is -2.10. The zero-order chi connectivity index (χ0) is 14.7. The summed E-state index contributed by atoms with van der Waals surface area (Å²) in [6.45, 7) is 1.92. The molecule has 0 unspecified atom stereocenters. The lowest BCUT2D eigenvalue weighted by molar-refractivity contribution is 0.0557. The van der Waals surface area contributed by atoms with E-state index in [0.29, 0.717) is 11.3 Å². The van der Waals surface area contributed by atoms with Gasteiger partial charge in [-0.2, -0.15) is 0 Å². The standard InChI is InChI=1S/C15H14O5/c1-9-5-4-6-10(7-9)13-12(15(17)19-3)11(8-20-13)14(16)18-2/h4-8H,1-3H3. The third-order valence-corrected chi connectivity index (χ3v) is 2.87. The predicted octanol–water partition coefficient (Wildman–Crippen LogP) is 2.83. The number of hydrogen-bond acceptors (Lipinski definition) is 5. The van der Waals surface area contributed by atoms with Gasteiger partial charge in [-0.1, -0.05) is 23.8 Å². The first kappa shape index (κ1) is 13.9. The Kier molecular flexibility index (Phi) is 3.89. The fourth-order valence-electron chi connectivity index (χ4n) is 1.92. The molecule has 5 heteroatoms. The van der Waals surface area contributed by atoms with Gasteiger partial charge in [-0.3, -0.25) is 0 Å². The highest BCUT2D eigenvalue weighted by Gasteiger charge is 2.27. The molecule has 0 aliphatic rings. The van der Waals surface area contributed by atoms with Crippen LogP contribution in [0.15, 0.2) is 34.9 Å². The van der Waals surface area contributed by atoms with Crippen LogP contribution in [0.1, 0.15) is 26.3 Å². The number of esters is 2. The van der Waals surface area contributed by atoms with Crippen LogP contribution in [0.25, 0.3) is 11.3 Å². The Balaban J connectivity index is 2.62. The number of benzene rings is 1. The van der Waals surface area contributed by atoms with Gasteiger partial charge >= 0.3 is 11.9 Å². The Hall–Kier alpha value is -2.56. The van der Waals surface area contributed by atoms with Crippen molar-refractivity contribution in [1.82, 2.24) is 0 Å². The maximum atomic E-state index is 11.9. The van der Waals surface area contributed by atoms with E-state index in [1.807, 2.05) is 25.1 Å². The van der Waals surface area contributed by atoms with E-state index >= 15 is 0 Å². The molecule has 0 atom stereocenters. The molecule has 2 aromatic rings.